The second-order valence-corrected chi connectivity index (χ2v) is 7.73. The van der Waals surface area contributed by atoms with Crippen LogP contribution in [0.1, 0.15) is 38.5 Å². The van der Waals surface area contributed by atoms with Crippen LogP contribution in [0.2, 0.25) is 0 Å². The predicted molar refractivity (Wildman–Crippen MR) is 109 cm³/mol. The van der Waals surface area contributed by atoms with Crippen molar-refractivity contribution in [3.05, 3.63) is 36.4 Å². The first-order valence-electron chi connectivity index (χ1n) is 10.3. The van der Waals surface area contributed by atoms with E-state index in [0.717, 1.165) is 61.6 Å². The summed E-state index contributed by atoms with van der Waals surface area (Å²) < 4.78 is 5.41. The van der Waals surface area contributed by atoms with Crippen LogP contribution in [0.4, 0.5) is 5.82 Å². The number of rotatable bonds is 5. The van der Waals surface area contributed by atoms with E-state index < -0.39 is 0 Å². The maximum atomic E-state index is 12.5. The van der Waals surface area contributed by atoms with Crippen LogP contribution in [-0.4, -0.2) is 42.3 Å². The monoisotopic (exact) mass is 380 g/mol. The van der Waals surface area contributed by atoms with Gasteiger partial charge in [0.1, 0.15) is 5.75 Å². The van der Waals surface area contributed by atoms with Crippen LogP contribution in [0.3, 0.4) is 0 Å². The Balaban J connectivity index is 1.35. The number of hydrogen-bond acceptors (Lipinski definition) is 5. The fourth-order valence-corrected chi connectivity index (χ4v) is 4.25. The first-order valence-corrected chi connectivity index (χ1v) is 10.3. The van der Waals surface area contributed by atoms with E-state index in [1.54, 1.807) is 7.11 Å². The summed E-state index contributed by atoms with van der Waals surface area (Å²) in [6, 6.07) is 12.2. The zero-order valence-corrected chi connectivity index (χ0v) is 16.4. The van der Waals surface area contributed by atoms with Gasteiger partial charge in [-0.1, -0.05) is 25.0 Å². The van der Waals surface area contributed by atoms with Crippen molar-refractivity contribution in [2.75, 3.05) is 25.1 Å². The number of piperidine rings is 1. The number of carbonyl (C=O) groups excluding carboxylic acids is 1. The van der Waals surface area contributed by atoms with Gasteiger partial charge in [0.05, 0.1) is 12.8 Å². The van der Waals surface area contributed by atoms with Crippen molar-refractivity contribution in [2.24, 2.45) is 5.92 Å². The van der Waals surface area contributed by atoms with Crippen molar-refractivity contribution < 1.29 is 9.53 Å². The van der Waals surface area contributed by atoms with Gasteiger partial charge in [0, 0.05) is 30.6 Å². The minimum absolute atomic E-state index is 0.123. The molecule has 6 heteroatoms. The minimum atomic E-state index is 0.123. The summed E-state index contributed by atoms with van der Waals surface area (Å²) in [4.78, 5) is 14.7. The molecule has 1 amide bonds. The Morgan fingerprint density at radius 1 is 1.04 bits per heavy atom. The van der Waals surface area contributed by atoms with Crippen molar-refractivity contribution in [3.8, 4) is 17.0 Å². The number of para-hydroxylation sites is 1. The summed E-state index contributed by atoms with van der Waals surface area (Å²) in [5.74, 6) is 2.02. The van der Waals surface area contributed by atoms with E-state index >= 15 is 0 Å². The molecule has 0 spiro atoms. The van der Waals surface area contributed by atoms with Crippen LogP contribution in [0.5, 0.6) is 5.75 Å². The first kappa shape index (κ1) is 18.7. The highest BCUT2D eigenvalue weighted by Crippen LogP contribution is 2.29. The maximum Gasteiger partial charge on any atom is 0.223 e. The number of nitrogens with zero attached hydrogens (tertiary/aromatic N) is 3. The lowest BCUT2D eigenvalue weighted by Crippen LogP contribution is -2.43. The molecular weight excluding hydrogens is 352 g/mol. The van der Waals surface area contributed by atoms with Crippen LogP contribution in [0.25, 0.3) is 11.3 Å². The first-order chi connectivity index (χ1) is 13.7. The van der Waals surface area contributed by atoms with Crippen LogP contribution in [0, 0.1) is 5.92 Å². The summed E-state index contributed by atoms with van der Waals surface area (Å²) in [6.45, 7) is 1.68. The molecule has 148 valence electrons. The molecule has 2 heterocycles. The smallest absolute Gasteiger partial charge is 0.223 e. The quantitative estimate of drug-likeness (QED) is 0.861. The molecule has 1 aliphatic carbocycles. The molecule has 0 bridgehead atoms. The highest BCUT2D eigenvalue weighted by molar-refractivity contribution is 5.79. The van der Waals surface area contributed by atoms with Gasteiger partial charge in [-0.3, -0.25) is 4.79 Å². The van der Waals surface area contributed by atoms with Gasteiger partial charge >= 0.3 is 0 Å². The van der Waals surface area contributed by atoms with E-state index in [-0.39, 0.29) is 11.8 Å². The van der Waals surface area contributed by atoms with Crippen LogP contribution >= 0.6 is 0 Å². The number of benzene rings is 1. The van der Waals surface area contributed by atoms with Gasteiger partial charge in [0.2, 0.25) is 5.91 Å². The average molecular weight is 380 g/mol. The lowest BCUT2D eigenvalue weighted by molar-refractivity contribution is -0.126. The topological polar surface area (TPSA) is 67.3 Å². The number of ether oxygens (including phenoxy) is 1. The van der Waals surface area contributed by atoms with Gasteiger partial charge < -0.3 is 15.0 Å². The van der Waals surface area contributed by atoms with Crippen molar-refractivity contribution in [1.29, 1.82) is 0 Å². The predicted octanol–water partition coefficient (Wildman–Crippen LogP) is 3.43. The summed E-state index contributed by atoms with van der Waals surface area (Å²) in [5.41, 5.74) is 1.73. The Kier molecular flexibility index (Phi) is 5.74. The van der Waals surface area contributed by atoms with Crippen LogP contribution < -0.4 is 15.0 Å². The van der Waals surface area contributed by atoms with Gasteiger partial charge in [-0.05, 0) is 49.9 Å². The van der Waals surface area contributed by atoms with E-state index in [1.165, 1.54) is 12.8 Å². The Morgan fingerprint density at radius 2 is 1.79 bits per heavy atom. The van der Waals surface area contributed by atoms with E-state index in [0.29, 0.717) is 6.04 Å². The average Bonchev–Trinajstić information content (AvgIpc) is 3.27. The SMILES string of the molecule is COc1ccccc1-c1ccc(N2CCC(C(=O)NC3CCCC3)CC2)nn1. The zero-order valence-electron chi connectivity index (χ0n) is 16.4. The summed E-state index contributed by atoms with van der Waals surface area (Å²) in [5, 5.41) is 12.1. The largest absolute Gasteiger partial charge is 0.496 e. The van der Waals surface area contributed by atoms with Gasteiger partial charge in [0.15, 0.2) is 5.82 Å². The molecule has 1 aliphatic heterocycles. The van der Waals surface area contributed by atoms with Crippen molar-refractivity contribution in [1.82, 2.24) is 15.5 Å². The number of amides is 1. The molecule has 1 aromatic carbocycles. The molecule has 0 radical (unpaired) electrons. The lowest BCUT2D eigenvalue weighted by Gasteiger charge is -2.32. The molecule has 2 aromatic rings. The number of anilines is 1. The maximum absolute atomic E-state index is 12.5. The molecule has 2 fully saturated rings. The normalized spacial score (nSPS) is 18.2. The molecule has 28 heavy (non-hydrogen) atoms. The highest BCUT2D eigenvalue weighted by atomic mass is 16.5. The summed E-state index contributed by atoms with van der Waals surface area (Å²) in [6.07, 6.45) is 6.50. The number of methoxy groups -OCH3 is 1. The minimum Gasteiger partial charge on any atom is -0.496 e. The van der Waals surface area contributed by atoms with Gasteiger partial charge in [-0.15, -0.1) is 10.2 Å². The Bertz CT molecular complexity index is 794. The van der Waals surface area contributed by atoms with Gasteiger partial charge in [-0.25, -0.2) is 0 Å². The lowest BCUT2D eigenvalue weighted by atomic mass is 9.95. The second kappa shape index (κ2) is 8.59. The number of carbonyl (C=O) groups is 1. The zero-order chi connectivity index (χ0) is 19.3. The van der Waals surface area contributed by atoms with Crippen LogP contribution in [0.15, 0.2) is 36.4 Å². The van der Waals surface area contributed by atoms with E-state index in [9.17, 15) is 4.79 Å². The van der Waals surface area contributed by atoms with Crippen molar-refractivity contribution >= 4 is 11.7 Å². The fourth-order valence-electron chi connectivity index (χ4n) is 4.25. The third-order valence-corrected chi connectivity index (χ3v) is 5.92. The Morgan fingerprint density at radius 3 is 2.46 bits per heavy atom. The molecule has 1 saturated heterocycles. The molecule has 0 atom stereocenters. The van der Waals surface area contributed by atoms with E-state index in [4.69, 9.17) is 4.74 Å². The third kappa shape index (κ3) is 4.11. The van der Waals surface area contributed by atoms with Crippen molar-refractivity contribution in [3.63, 3.8) is 0 Å². The molecule has 1 N–H and O–H groups in total. The summed E-state index contributed by atoms with van der Waals surface area (Å²) >= 11 is 0. The van der Waals surface area contributed by atoms with E-state index in [2.05, 4.69) is 20.4 Å². The summed E-state index contributed by atoms with van der Waals surface area (Å²) in [7, 11) is 1.66. The number of aromatic nitrogens is 2. The number of hydrogen-bond donors (Lipinski definition) is 1. The Labute approximate surface area is 166 Å². The van der Waals surface area contributed by atoms with Crippen LogP contribution in [-0.2, 0) is 4.79 Å². The highest BCUT2D eigenvalue weighted by Gasteiger charge is 2.28. The molecule has 1 saturated carbocycles. The Hall–Kier alpha value is -2.63. The molecule has 0 unspecified atom stereocenters. The fraction of sp³-hybridized carbons (Fsp3) is 0.500. The van der Waals surface area contributed by atoms with Gasteiger partial charge in [0.25, 0.3) is 0 Å². The molecular formula is C22H28N4O2. The number of nitrogens with one attached hydrogen (secondary N) is 1. The second-order valence-electron chi connectivity index (χ2n) is 7.73. The van der Waals surface area contributed by atoms with E-state index in [1.807, 2.05) is 36.4 Å². The molecule has 4 rings (SSSR count). The third-order valence-electron chi connectivity index (χ3n) is 5.92. The standard InChI is InChI=1S/C22H28N4O2/c1-28-20-9-5-4-8-18(20)19-10-11-21(25-24-19)26-14-12-16(13-15-26)22(27)23-17-6-2-3-7-17/h4-5,8-11,16-17H,2-3,6-7,12-15H2,1H3,(H,23,27). The van der Waals surface area contributed by atoms with Gasteiger partial charge in [-0.2, -0.15) is 0 Å². The molecule has 2 aliphatic rings. The molecule has 1 aromatic heterocycles. The van der Waals surface area contributed by atoms with Crippen molar-refractivity contribution in [2.45, 2.75) is 44.6 Å². The molecule has 6 nitrogen and oxygen atoms in total.